The largest absolute Gasteiger partial charge is 0.478 e. The lowest BCUT2D eigenvalue weighted by molar-refractivity contribution is -0.131. The molecule has 4 nitrogen and oxygen atoms in total. The Morgan fingerprint density at radius 3 is 2.37 bits per heavy atom. The Hall–Kier alpha value is -1.59. The second kappa shape index (κ2) is 7.76. The highest BCUT2D eigenvalue weighted by Gasteiger charge is 2.03. The summed E-state index contributed by atoms with van der Waals surface area (Å²) in [7, 11) is 4.05. The van der Waals surface area contributed by atoms with E-state index in [-0.39, 0.29) is 5.78 Å². The van der Waals surface area contributed by atoms with E-state index in [9.17, 15) is 9.59 Å². The van der Waals surface area contributed by atoms with Gasteiger partial charge in [-0.3, -0.25) is 4.79 Å². The molecular formula is C14H17NO3S. The van der Waals surface area contributed by atoms with E-state index in [2.05, 4.69) is 4.90 Å². The molecule has 0 unspecified atom stereocenters. The molecule has 0 saturated carbocycles. The number of thioether (sulfide) groups is 1. The standard InChI is InChI=1S/C14H17NO3S/c1-15(2)9-10-19-12-5-3-11(4-6-12)13(16)7-8-14(17)18/h3-8H,9-10H2,1-2H3,(H,17,18)/b8-7+. The first-order valence-electron chi connectivity index (χ1n) is 5.82. The van der Waals surface area contributed by atoms with Crippen LogP contribution in [-0.4, -0.2) is 48.2 Å². The summed E-state index contributed by atoms with van der Waals surface area (Å²) in [6.45, 7) is 0.993. The second-order valence-corrected chi connectivity index (χ2v) is 5.38. The fourth-order valence-corrected chi connectivity index (χ4v) is 2.33. The maximum Gasteiger partial charge on any atom is 0.328 e. The number of hydrogen-bond acceptors (Lipinski definition) is 4. The number of ketones is 1. The van der Waals surface area contributed by atoms with Crippen molar-refractivity contribution in [1.29, 1.82) is 0 Å². The van der Waals surface area contributed by atoms with Gasteiger partial charge in [0.1, 0.15) is 0 Å². The Morgan fingerprint density at radius 1 is 1.21 bits per heavy atom. The molecule has 0 bridgehead atoms. The SMILES string of the molecule is CN(C)CCSc1ccc(C(=O)/C=C/C(=O)O)cc1. The van der Waals surface area contributed by atoms with Crippen LogP contribution in [0.3, 0.4) is 0 Å². The van der Waals surface area contributed by atoms with E-state index in [4.69, 9.17) is 5.11 Å². The smallest absolute Gasteiger partial charge is 0.328 e. The van der Waals surface area contributed by atoms with E-state index >= 15 is 0 Å². The van der Waals surface area contributed by atoms with Crippen LogP contribution in [-0.2, 0) is 4.79 Å². The number of hydrogen-bond donors (Lipinski definition) is 1. The molecule has 0 spiro atoms. The molecule has 0 radical (unpaired) electrons. The van der Waals surface area contributed by atoms with Crippen LogP contribution in [0.25, 0.3) is 0 Å². The highest BCUT2D eigenvalue weighted by molar-refractivity contribution is 7.99. The summed E-state index contributed by atoms with van der Waals surface area (Å²) in [5, 5.41) is 8.45. The van der Waals surface area contributed by atoms with Gasteiger partial charge in [-0.2, -0.15) is 0 Å². The first kappa shape index (κ1) is 15.5. The molecule has 1 aromatic carbocycles. The lowest BCUT2D eigenvalue weighted by atomic mass is 10.1. The molecule has 5 heteroatoms. The van der Waals surface area contributed by atoms with Gasteiger partial charge < -0.3 is 10.0 Å². The third-order valence-electron chi connectivity index (χ3n) is 2.32. The van der Waals surface area contributed by atoms with Crippen LogP contribution in [0.15, 0.2) is 41.3 Å². The molecule has 0 aliphatic carbocycles. The zero-order chi connectivity index (χ0) is 14.3. The molecule has 0 amide bonds. The summed E-state index contributed by atoms with van der Waals surface area (Å²) < 4.78 is 0. The van der Waals surface area contributed by atoms with E-state index in [0.29, 0.717) is 5.56 Å². The van der Waals surface area contributed by atoms with Crippen LogP contribution >= 0.6 is 11.8 Å². The number of carbonyl (C=O) groups excluding carboxylic acids is 1. The van der Waals surface area contributed by atoms with Gasteiger partial charge >= 0.3 is 5.97 Å². The summed E-state index contributed by atoms with van der Waals surface area (Å²) in [6.07, 6.45) is 1.92. The van der Waals surface area contributed by atoms with E-state index in [1.165, 1.54) is 0 Å². The maximum absolute atomic E-state index is 11.6. The van der Waals surface area contributed by atoms with Crippen LogP contribution in [0.5, 0.6) is 0 Å². The Bertz CT molecular complexity index is 466. The Labute approximate surface area is 117 Å². The van der Waals surface area contributed by atoms with Gasteiger partial charge in [0.05, 0.1) is 0 Å². The molecule has 0 saturated heterocycles. The zero-order valence-corrected chi connectivity index (χ0v) is 11.8. The minimum atomic E-state index is -1.12. The maximum atomic E-state index is 11.6. The number of rotatable bonds is 7. The van der Waals surface area contributed by atoms with Crippen molar-refractivity contribution >= 4 is 23.5 Å². The van der Waals surface area contributed by atoms with Crippen molar-refractivity contribution in [3.05, 3.63) is 42.0 Å². The number of carboxylic acids is 1. The molecule has 19 heavy (non-hydrogen) atoms. The Kier molecular flexibility index (Phi) is 6.32. The second-order valence-electron chi connectivity index (χ2n) is 4.21. The quantitative estimate of drug-likeness (QED) is 0.471. The fraction of sp³-hybridized carbons (Fsp3) is 0.286. The molecule has 0 atom stereocenters. The van der Waals surface area contributed by atoms with E-state index < -0.39 is 5.97 Å². The molecule has 0 aromatic heterocycles. The van der Waals surface area contributed by atoms with Crippen LogP contribution in [0.2, 0.25) is 0 Å². The predicted molar refractivity (Wildman–Crippen MR) is 76.8 cm³/mol. The lowest BCUT2D eigenvalue weighted by Gasteiger charge is -2.08. The average Bonchev–Trinajstić information content (AvgIpc) is 2.36. The summed E-state index contributed by atoms with van der Waals surface area (Å²) in [5.41, 5.74) is 0.495. The van der Waals surface area contributed by atoms with Gasteiger partial charge in [-0.05, 0) is 44.4 Å². The average molecular weight is 279 g/mol. The molecule has 0 aliphatic heterocycles. The first-order chi connectivity index (χ1) is 8.99. The normalized spacial score (nSPS) is 11.1. The lowest BCUT2D eigenvalue weighted by Crippen LogP contribution is -2.14. The number of aliphatic carboxylic acids is 1. The number of carboxylic acid groups (broad SMARTS) is 1. The number of allylic oxidation sites excluding steroid dienone is 1. The summed E-state index contributed by atoms with van der Waals surface area (Å²) in [4.78, 5) is 25.1. The van der Waals surface area contributed by atoms with Gasteiger partial charge in [-0.15, -0.1) is 11.8 Å². The van der Waals surface area contributed by atoms with Crippen molar-refractivity contribution in [3.63, 3.8) is 0 Å². The molecule has 1 rings (SSSR count). The van der Waals surface area contributed by atoms with Gasteiger partial charge in [0.25, 0.3) is 0 Å². The number of benzene rings is 1. The molecule has 0 aliphatic rings. The van der Waals surface area contributed by atoms with Crippen molar-refractivity contribution in [2.75, 3.05) is 26.4 Å². The van der Waals surface area contributed by atoms with Gasteiger partial charge in [0.15, 0.2) is 5.78 Å². The topological polar surface area (TPSA) is 57.6 Å². The van der Waals surface area contributed by atoms with E-state index in [0.717, 1.165) is 29.3 Å². The fourth-order valence-electron chi connectivity index (χ4n) is 1.30. The van der Waals surface area contributed by atoms with Gasteiger partial charge in [0.2, 0.25) is 0 Å². The number of carbonyl (C=O) groups is 2. The summed E-state index contributed by atoms with van der Waals surface area (Å²) >= 11 is 1.72. The zero-order valence-electron chi connectivity index (χ0n) is 11.0. The van der Waals surface area contributed by atoms with Crippen LogP contribution in [0.1, 0.15) is 10.4 Å². The third kappa shape index (κ3) is 6.22. The summed E-state index contributed by atoms with van der Waals surface area (Å²) in [6, 6.07) is 7.18. The van der Waals surface area contributed by atoms with Gasteiger partial charge in [0, 0.05) is 28.8 Å². The first-order valence-corrected chi connectivity index (χ1v) is 6.80. The molecule has 102 valence electrons. The Morgan fingerprint density at radius 2 is 1.84 bits per heavy atom. The molecular weight excluding hydrogens is 262 g/mol. The highest BCUT2D eigenvalue weighted by atomic mass is 32.2. The minimum absolute atomic E-state index is 0.299. The van der Waals surface area contributed by atoms with Crippen molar-refractivity contribution in [2.24, 2.45) is 0 Å². The van der Waals surface area contributed by atoms with Crippen molar-refractivity contribution < 1.29 is 14.7 Å². The van der Waals surface area contributed by atoms with Gasteiger partial charge in [-0.1, -0.05) is 0 Å². The highest BCUT2D eigenvalue weighted by Crippen LogP contribution is 2.18. The van der Waals surface area contributed by atoms with E-state index in [1.807, 2.05) is 26.2 Å². The monoisotopic (exact) mass is 279 g/mol. The predicted octanol–water partition coefficient (Wildman–Crippen LogP) is 2.16. The Balaban J connectivity index is 2.56. The molecule has 0 heterocycles. The van der Waals surface area contributed by atoms with Crippen LogP contribution in [0, 0.1) is 0 Å². The minimum Gasteiger partial charge on any atom is -0.478 e. The van der Waals surface area contributed by atoms with Crippen LogP contribution < -0.4 is 0 Å². The van der Waals surface area contributed by atoms with Crippen molar-refractivity contribution in [2.45, 2.75) is 4.90 Å². The van der Waals surface area contributed by atoms with Gasteiger partial charge in [-0.25, -0.2) is 4.79 Å². The van der Waals surface area contributed by atoms with Crippen LogP contribution in [0.4, 0.5) is 0 Å². The van der Waals surface area contributed by atoms with Crippen molar-refractivity contribution in [1.82, 2.24) is 4.90 Å². The molecule has 1 aromatic rings. The molecule has 1 N–H and O–H groups in total. The third-order valence-corrected chi connectivity index (χ3v) is 3.32. The summed E-state index contributed by atoms with van der Waals surface area (Å²) in [5.74, 6) is -0.435. The van der Waals surface area contributed by atoms with E-state index in [1.54, 1.807) is 23.9 Å². The number of nitrogens with zero attached hydrogens (tertiary/aromatic N) is 1. The van der Waals surface area contributed by atoms with Crippen molar-refractivity contribution in [3.8, 4) is 0 Å². The molecule has 0 fully saturated rings.